The van der Waals surface area contributed by atoms with Crippen LogP contribution in [0.4, 0.5) is 15.9 Å². The van der Waals surface area contributed by atoms with E-state index in [4.69, 9.17) is 11.6 Å². The third-order valence-corrected chi connectivity index (χ3v) is 3.23. The molecule has 0 saturated carbocycles. The molecule has 21 heavy (non-hydrogen) atoms. The number of aromatic nitrogens is 1. The van der Waals surface area contributed by atoms with Crippen molar-refractivity contribution >= 4 is 23.1 Å². The number of nitrogens with zero attached hydrogens (tertiary/aromatic N) is 2. The van der Waals surface area contributed by atoms with E-state index in [0.29, 0.717) is 13.0 Å². The van der Waals surface area contributed by atoms with Crippen LogP contribution >= 0.6 is 11.6 Å². The quantitative estimate of drug-likeness (QED) is 0.674. The van der Waals surface area contributed by atoms with Crippen molar-refractivity contribution in [2.24, 2.45) is 0 Å². The molecule has 110 valence electrons. The zero-order valence-electron chi connectivity index (χ0n) is 11.3. The molecule has 0 fully saturated rings. The first kappa shape index (κ1) is 15.2. The topological polar surface area (TPSA) is 68.1 Å². The molecule has 0 amide bonds. The Morgan fingerprint density at radius 2 is 2.19 bits per heavy atom. The van der Waals surface area contributed by atoms with Gasteiger partial charge in [-0.1, -0.05) is 17.7 Å². The Bertz CT molecular complexity index is 679. The van der Waals surface area contributed by atoms with E-state index < -0.39 is 4.92 Å². The third kappa shape index (κ3) is 3.88. The molecule has 0 aliphatic carbocycles. The van der Waals surface area contributed by atoms with Gasteiger partial charge in [-0.15, -0.1) is 0 Å². The zero-order valence-corrected chi connectivity index (χ0v) is 12.0. The lowest BCUT2D eigenvalue weighted by Gasteiger charge is -2.08. The number of nitrogens with one attached hydrogen (secondary N) is 1. The van der Waals surface area contributed by atoms with Crippen LogP contribution in [-0.2, 0) is 6.42 Å². The van der Waals surface area contributed by atoms with Gasteiger partial charge in [-0.2, -0.15) is 0 Å². The Hall–Kier alpha value is -2.21. The van der Waals surface area contributed by atoms with E-state index in [2.05, 4.69) is 10.3 Å². The molecule has 0 aliphatic heterocycles. The summed E-state index contributed by atoms with van der Waals surface area (Å²) in [6.07, 6.45) is 1.95. The molecular formula is C14H13ClFN3O2. The fraction of sp³-hybridized carbons (Fsp3) is 0.214. The van der Waals surface area contributed by atoms with Gasteiger partial charge in [-0.25, -0.2) is 9.37 Å². The van der Waals surface area contributed by atoms with Gasteiger partial charge >= 0.3 is 5.69 Å². The number of aryl methyl sites for hydroxylation is 1. The summed E-state index contributed by atoms with van der Waals surface area (Å²) in [7, 11) is 0. The predicted octanol–water partition coefficient (Wildman–Crippen LogP) is 3.75. The van der Waals surface area contributed by atoms with Crippen LogP contribution < -0.4 is 5.32 Å². The van der Waals surface area contributed by atoms with Gasteiger partial charge in [-0.05, 0) is 36.6 Å². The fourth-order valence-electron chi connectivity index (χ4n) is 1.96. The lowest BCUT2D eigenvalue weighted by molar-refractivity contribution is -0.384. The second-order valence-corrected chi connectivity index (χ2v) is 4.96. The normalized spacial score (nSPS) is 10.4. The number of halogens is 2. The highest BCUT2D eigenvalue weighted by atomic mass is 35.5. The molecule has 7 heteroatoms. The minimum atomic E-state index is -0.537. The van der Waals surface area contributed by atoms with Crippen LogP contribution in [0.5, 0.6) is 0 Å². The Kier molecular flexibility index (Phi) is 4.70. The number of hydrogen-bond donors (Lipinski definition) is 1. The zero-order chi connectivity index (χ0) is 15.4. The summed E-state index contributed by atoms with van der Waals surface area (Å²) in [5, 5.41) is 14.0. The van der Waals surface area contributed by atoms with E-state index >= 15 is 0 Å². The molecule has 0 aliphatic rings. The molecule has 0 saturated heterocycles. The maximum Gasteiger partial charge on any atom is 0.312 e. The van der Waals surface area contributed by atoms with Crippen molar-refractivity contribution in [3.63, 3.8) is 0 Å². The van der Waals surface area contributed by atoms with Gasteiger partial charge in [0, 0.05) is 18.8 Å². The highest BCUT2D eigenvalue weighted by Gasteiger charge is 2.15. The van der Waals surface area contributed by atoms with Crippen LogP contribution in [0.2, 0.25) is 5.02 Å². The summed E-state index contributed by atoms with van der Waals surface area (Å²) in [4.78, 5) is 14.3. The second-order valence-electron chi connectivity index (χ2n) is 4.53. The maximum atomic E-state index is 13.0. The SMILES string of the molecule is Cc1cc(F)ccc1CCNc1ncc(Cl)cc1[N+](=O)[O-]. The predicted molar refractivity (Wildman–Crippen MR) is 79.2 cm³/mol. The number of anilines is 1. The van der Waals surface area contributed by atoms with Crippen molar-refractivity contribution in [3.05, 3.63) is 62.5 Å². The molecule has 5 nitrogen and oxygen atoms in total. The molecule has 0 unspecified atom stereocenters. The molecule has 1 aromatic carbocycles. The van der Waals surface area contributed by atoms with E-state index in [9.17, 15) is 14.5 Å². The van der Waals surface area contributed by atoms with Gasteiger partial charge in [-0.3, -0.25) is 10.1 Å². The number of hydrogen-bond acceptors (Lipinski definition) is 4. The van der Waals surface area contributed by atoms with E-state index in [1.54, 1.807) is 6.07 Å². The number of nitro groups is 1. The third-order valence-electron chi connectivity index (χ3n) is 3.02. The summed E-state index contributed by atoms with van der Waals surface area (Å²) in [6.45, 7) is 2.27. The molecule has 0 spiro atoms. The lowest BCUT2D eigenvalue weighted by Crippen LogP contribution is -2.09. The van der Waals surface area contributed by atoms with Crippen LogP contribution in [0, 0.1) is 22.9 Å². The molecule has 2 rings (SSSR count). The minimum Gasteiger partial charge on any atom is -0.364 e. The van der Waals surface area contributed by atoms with Crippen LogP contribution in [-0.4, -0.2) is 16.5 Å². The van der Waals surface area contributed by atoms with Gasteiger partial charge in [0.2, 0.25) is 5.82 Å². The van der Waals surface area contributed by atoms with Gasteiger partial charge in [0.15, 0.2) is 0 Å². The number of pyridine rings is 1. The van der Waals surface area contributed by atoms with Gasteiger partial charge < -0.3 is 5.32 Å². The van der Waals surface area contributed by atoms with Crippen molar-refractivity contribution < 1.29 is 9.31 Å². The minimum absolute atomic E-state index is 0.168. The van der Waals surface area contributed by atoms with Crippen LogP contribution in [0.15, 0.2) is 30.5 Å². The maximum absolute atomic E-state index is 13.0. The lowest BCUT2D eigenvalue weighted by atomic mass is 10.1. The van der Waals surface area contributed by atoms with Crippen molar-refractivity contribution in [1.29, 1.82) is 0 Å². The Morgan fingerprint density at radius 3 is 2.86 bits per heavy atom. The average Bonchev–Trinajstić information content (AvgIpc) is 2.42. The molecule has 1 aromatic heterocycles. The smallest absolute Gasteiger partial charge is 0.312 e. The van der Waals surface area contributed by atoms with Crippen LogP contribution in [0.1, 0.15) is 11.1 Å². The van der Waals surface area contributed by atoms with Crippen molar-refractivity contribution in [2.45, 2.75) is 13.3 Å². The van der Waals surface area contributed by atoms with Crippen LogP contribution in [0.3, 0.4) is 0 Å². The van der Waals surface area contributed by atoms with Crippen molar-refractivity contribution in [2.75, 3.05) is 11.9 Å². The Labute approximate surface area is 125 Å². The Balaban J connectivity index is 2.05. The van der Waals surface area contributed by atoms with E-state index in [1.165, 1.54) is 24.4 Å². The fourth-order valence-corrected chi connectivity index (χ4v) is 2.11. The van der Waals surface area contributed by atoms with Crippen molar-refractivity contribution in [1.82, 2.24) is 4.98 Å². The summed E-state index contributed by atoms with van der Waals surface area (Å²) < 4.78 is 13.0. The molecule has 2 aromatic rings. The molecule has 0 radical (unpaired) electrons. The number of rotatable bonds is 5. The first-order chi connectivity index (χ1) is 9.97. The molecule has 1 heterocycles. The largest absolute Gasteiger partial charge is 0.364 e. The summed E-state index contributed by atoms with van der Waals surface area (Å²) in [6, 6.07) is 5.81. The Morgan fingerprint density at radius 1 is 1.43 bits per heavy atom. The first-order valence-corrected chi connectivity index (χ1v) is 6.64. The van der Waals surface area contributed by atoms with Gasteiger partial charge in [0.1, 0.15) is 5.82 Å². The summed E-state index contributed by atoms with van der Waals surface area (Å²) in [5.74, 6) is -0.108. The highest BCUT2D eigenvalue weighted by molar-refractivity contribution is 6.30. The standard InChI is InChI=1S/C14H13ClFN3O2/c1-9-6-12(16)3-2-10(9)4-5-17-14-13(19(20)21)7-11(15)8-18-14/h2-3,6-8H,4-5H2,1H3,(H,17,18). The molecular weight excluding hydrogens is 297 g/mol. The van der Waals surface area contributed by atoms with E-state index in [0.717, 1.165) is 11.1 Å². The second kappa shape index (κ2) is 6.49. The highest BCUT2D eigenvalue weighted by Crippen LogP contribution is 2.25. The van der Waals surface area contributed by atoms with Gasteiger partial charge in [0.05, 0.1) is 9.95 Å². The molecule has 0 atom stereocenters. The molecule has 1 N–H and O–H groups in total. The van der Waals surface area contributed by atoms with E-state index in [1.807, 2.05) is 6.92 Å². The van der Waals surface area contributed by atoms with Crippen LogP contribution in [0.25, 0.3) is 0 Å². The van der Waals surface area contributed by atoms with Gasteiger partial charge in [0.25, 0.3) is 0 Å². The van der Waals surface area contributed by atoms with E-state index in [-0.39, 0.29) is 22.3 Å². The molecule has 0 bridgehead atoms. The van der Waals surface area contributed by atoms with Crippen molar-refractivity contribution in [3.8, 4) is 0 Å². The average molecular weight is 310 g/mol. The first-order valence-electron chi connectivity index (χ1n) is 6.26. The monoisotopic (exact) mass is 309 g/mol. The summed E-state index contributed by atoms with van der Waals surface area (Å²) >= 11 is 5.70. The number of benzene rings is 1. The summed E-state index contributed by atoms with van der Waals surface area (Å²) in [5.41, 5.74) is 1.65.